The van der Waals surface area contributed by atoms with Gasteiger partial charge in [-0.15, -0.1) is 10.2 Å². The van der Waals surface area contributed by atoms with E-state index in [-0.39, 0.29) is 5.91 Å². The number of hydrogen-bond acceptors (Lipinski definition) is 4. The minimum Gasteiger partial charge on any atom is -0.355 e. The second-order valence-electron chi connectivity index (χ2n) is 6.45. The van der Waals surface area contributed by atoms with Crippen LogP contribution in [0.5, 0.6) is 0 Å². The van der Waals surface area contributed by atoms with Crippen molar-refractivity contribution in [3.8, 4) is 0 Å². The fourth-order valence-corrected chi connectivity index (χ4v) is 3.37. The summed E-state index contributed by atoms with van der Waals surface area (Å²) in [5, 5.41) is 8.55. The van der Waals surface area contributed by atoms with E-state index in [2.05, 4.69) is 35.0 Å². The largest absolute Gasteiger partial charge is 0.355 e. The van der Waals surface area contributed by atoms with Crippen LogP contribution in [0.2, 0.25) is 0 Å². The molecule has 1 aliphatic heterocycles. The van der Waals surface area contributed by atoms with Gasteiger partial charge < -0.3 is 9.80 Å². The summed E-state index contributed by atoms with van der Waals surface area (Å²) in [5.74, 6) is 0.781. The van der Waals surface area contributed by atoms with Gasteiger partial charge in [-0.2, -0.15) is 0 Å². The van der Waals surface area contributed by atoms with E-state index in [1.165, 1.54) is 5.56 Å². The Bertz CT molecular complexity index is 708. The van der Waals surface area contributed by atoms with Crippen molar-refractivity contribution >= 4 is 17.4 Å². The second kappa shape index (κ2) is 8.10. The minimum absolute atomic E-state index is 0.0660. The average molecular weight is 338 g/mol. The molecule has 1 aliphatic rings. The van der Waals surface area contributed by atoms with E-state index in [1.54, 1.807) is 6.07 Å². The summed E-state index contributed by atoms with van der Waals surface area (Å²) in [6.07, 6.45) is 4.13. The van der Waals surface area contributed by atoms with Crippen LogP contribution in [0.15, 0.2) is 36.4 Å². The number of hydrogen-bond donors (Lipinski definition) is 0. The maximum atomic E-state index is 12.9. The SMILES string of the molecule is CCCN(CCC)c1ccc(C(=O)N2CCCc3ccccc32)nn1. The van der Waals surface area contributed by atoms with Crippen molar-refractivity contribution in [2.75, 3.05) is 29.4 Å². The van der Waals surface area contributed by atoms with Gasteiger partial charge in [0.25, 0.3) is 5.91 Å². The lowest BCUT2D eigenvalue weighted by Gasteiger charge is -2.29. The molecule has 0 fully saturated rings. The van der Waals surface area contributed by atoms with Crippen LogP contribution in [0.4, 0.5) is 11.5 Å². The third-order valence-corrected chi connectivity index (χ3v) is 4.54. The molecule has 0 bridgehead atoms. The summed E-state index contributed by atoms with van der Waals surface area (Å²) in [6, 6.07) is 11.8. The first kappa shape index (κ1) is 17.4. The Hall–Kier alpha value is -2.43. The quantitative estimate of drug-likeness (QED) is 0.806. The van der Waals surface area contributed by atoms with Crippen molar-refractivity contribution in [3.05, 3.63) is 47.7 Å². The number of nitrogens with zero attached hydrogens (tertiary/aromatic N) is 4. The lowest BCUT2D eigenvalue weighted by Crippen LogP contribution is -2.36. The van der Waals surface area contributed by atoms with Crippen molar-refractivity contribution < 1.29 is 4.79 Å². The van der Waals surface area contributed by atoms with E-state index in [9.17, 15) is 4.79 Å². The molecule has 1 amide bonds. The monoisotopic (exact) mass is 338 g/mol. The highest BCUT2D eigenvalue weighted by Crippen LogP contribution is 2.27. The van der Waals surface area contributed by atoms with Gasteiger partial charge in [0.2, 0.25) is 0 Å². The number of fused-ring (bicyclic) bond motifs is 1. The molecule has 0 aliphatic carbocycles. The normalized spacial score (nSPS) is 13.4. The summed E-state index contributed by atoms with van der Waals surface area (Å²) in [6.45, 7) is 6.95. The van der Waals surface area contributed by atoms with Crippen LogP contribution in [-0.4, -0.2) is 35.7 Å². The molecular formula is C20H26N4O. The van der Waals surface area contributed by atoms with Crippen molar-refractivity contribution in [1.82, 2.24) is 10.2 Å². The van der Waals surface area contributed by atoms with Gasteiger partial charge in [0.15, 0.2) is 11.5 Å². The summed E-state index contributed by atoms with van der Waals surface area (Å²) in [4.78, 5) is 17.0. The number of aryl methyl sites for hydroxylation is 1. The molecule has 5 nitrogen and oxygen atoms in total. The van der Waals surface area contributed by atoms with Crippen LogP contribution in [0, 0.1) is 0 Å². The van der Waals surface area contributed by atoms with Gasteiger partial charge in [0, 0.05) is 25.3 Å². The summed E-state index contributed by atoms with van der Waals surface area (Å²) >= 11 is 0. The molecule has 0 radical (unpaired) electrons. The van der Waals surface area contributed by atoms with E-state index >= 15 is 0 Å². The van der Waals surface area contributed by atoms with Gasteiger partial charge in [-0.3, -0.25) is 4.79 Å². The van der Waals surface area contributed by atoms with Crippen molar-refractivity contribution in [2.24, 2.45) is 0 Å². The van der Waals surface area contributed by atoms with Gasteiger partial charge >= 0.3 is 0 Å². The highest BCUT2D eigenvalue weighted by molar-refractivity contribution is 6.05. The minimum atomic E-state index is -0.0660. The summed E-state index contributed by atoms with van der Waals surface area (Å²) < 4.78 is 0. The topological polar surface area (TPSA) is 49.3 Å². The number of carbonyl (C=O) groups excluding carboxylic acids is 1. The third-order valence-electron chi connectivity index (χ3n) is 4.54. The molecule has 2 aromatic rings. The van der Waals surface area contributed by atoms with Crippen LogP contribution in [0.3, 0.4) is 0 Å². The summed E-state index contributed by atoms with van der Waals surface area (Å²) in [7, 11) is 0. The van der Waals surface area contributed by atoms with Gasteiger partial charge in [-0.1, -0.05) is 32.0 Å². The predicted molar refractivity (Wildman–Crippen MR) is 101 cm³/mol. The first-order valence-corrected chi connectivity index (χ1v) is 9.23. The standard InChI is InChI=1S/C20H26N4O/c1-3-13-23(14-4-2)19-12-11-17(21-22-19)20(25)24-15-7-9-16-8-5-6-10-18(16)24/h5-6,8,10-12H,3-4,7,9,13-15H2,1-2H3. The molecular weight excluding hydrogens is 312 g/mol. The maximum absolute atomic E-state index is 12.9. The average Bonchev–Trinajstić information content (AvgIpc) is 2.67. The fraction of sp³-hybridized carbons (Fsp3) is 0.450. The van der Waals surface area contributed by atoms with E-state index in [4.69, 9.17) is 0 Å². The molecule has 1 aromatic carbocycles. The van der Waals surface area contributed by atoms with Gasteiger partial charge in [0.1, 0.15) is 0 Å². The maximum Gasteiger partial charge on any atom is 0.278 e. The zero-order chi connectivity index (χ0) is 17.6. The molecule has 1 aromatic heterocycles. The Morgan fingerprint density at radius 1 is 1.08 bits per heavy atom. The van der Waals surface area contributed by atoms with Crippen LogP contribution in [0.1, 0.15) is 49.2 Å². The molecule has 25 heavy (non-hydrogen) atoms. The summed E-state index contributed by atoms with van der Waals surface area (Å²) in [5.41, 5.74) is 2.64. The zero-order valence-electron chi connectivity index (χ0n) is 15.1. The lowest BCUT2D eigenvalue weighted by atomic mass is 10.0. The van der Waals surface area contributed by atoms with Crippen LogP contribution >= 0.6 is 0 Å². The third kappa shape index (κ3) is 3.81. The van der Waals surface area contributed by atoms with Crippen molar-refractivity contribution in [2.45, 2.75) is 39.5 Å². The van der Waals surface area contributed by atoms with E-state index in [1.807, 2.05) is 29.2 Å². The van der Waals surface area contributed by atoms with Gasteiger partial charge in [-0.25, -0.2) is 0 Å². The first-order valence-electron chi connectivity index (χ1n) is 9.23. The highest BCUT2D eigenvalue weighted by atomic mass is 16.2. The van der Waals surface area contributed by atoms with Crippen LogP contribution in [-0.2, 0) is 6.42 Å². The Morgan fingerprint density at radius 3 is 2.52 bits per heavy atom. The molecule has 0 saturated heterocycles. The van der Waals surface area contributed by atoms with Gasteiger partial charge in [-0.05, 0) is 49.4 Å². The Labute approximate surface area is 149 Å². The molecule has 5 heteroatoms. The van der Waals surface area contributed by atoms with E-state index < -0.39 is 0 Å². The second-order valence-corrected chi connectivity index (χ2v) is 6.45. The zero-order valence-corrected chi connectivity index (χ0v) is 15.1. The number of amides is 1. The molecule has 0 atom stereocenters. The smallest absolute Gasteiger partial charge is 0.278 e. The molecule has 0 saturated carbocycles. The molecule has 0 unspecified atom stereocenters. The highest BCUT2D eigenvalue weighted by Gasteiger charge is 2.24. The number of carbonyl (C=O) groups is 1. The molecule has 2 heterocycles. The fourth-order valence-electron chi connectivity index (χ4n) is 3.37. The van der Waals surface area contributed by atoms with Gasteiger partial charge in [0.05, 0.1) is 0 Å². The number of para-hydroxylation sites is 1. The molecule has 3 rings (SSSR count). The van der Waals surface area contributed by atoms with E-state index in [0.717, 1.165) is 56.8 Å². The molecule has 0 spiro atoms. The predicted octanol–water partition coefficient (Wildman–Crippen LogP) is 3.70. The van der Waals surface area contributed by atoms with Crippen LogP contribution in [0.25, 0.3) is 0 Å². The molecule has 132 valence electrons. The number of benzene rings is 1. The van der Waals surface area contributed by atoms with Crippen LogP contribution < -0.4 is 9.80 Å². The molecule has 0 N–H and O–H groups in total. The number of rotatable bonds is 6. The Kier molecular flexibility index (Phi) is 5.64. The first-order chi connectivity index (χ1) is 12.2. The Balaban J connectivity index is 1.80. The lowest BCUT2D eigenvalue weighted by molar-refractivity contribution is 0.0979. The Morgan fingerprint density at radius 2 is 1.84 bits per heavy atom. The number of aromatic nitrogens is 2. The van der Waals surface area contributed by atoms with E-state index in [0.29, 0.717) is 5.69 Å². The van der Waals surface area contributed by atoms with Crippen molar-refractivity contribution in [3.63, 3.8) is 0 Å². The van der Waals surface area contributed by atoms with Crippen molar-refractivity contribution in [1.29, 1.82) is 0 Å². The number of anilines is 2.